The molecule has 128 valence electrons. The van der Waals surface area contributed by atoms with Gasteiger partial charge >= 0.3 is 5.97 Å². The molecule has 5 nitrogen and oxygen atoms in total. The summed E-state index contributed by atoms with van der Waals surface area (Å²) in [5.41, 5.74) is 0. The number of thiophene rings is 1. The van der Waals surface area contributed by atoms with Crippen LogP contribution in [0.25, 0.3) is 10.1 Å². The number of carboxylic acids is 1. The standard InChI is InChI=1S/C16H16ClNO4S2/c1-8-15(12-6-9(17)2-5-14(12)23-8)24(21,22)18-10-3-4-13(18)11(7-10)16(19)20/h2,5-6,10-11,13H,3-4,7H2,1H3,(H,19,20). The van der Waals surface area contributed by atoms with E-state index in [0.29, 0.717) is 28.1 Å². The lowest BCUT2D eigenvalue weighted by atomic mass is 9.89. The Balaban J connectivity index is 1.86. The minimum Gasteiger partial charge on any atom is -0.481 e. The van der Waals surface area contributed by atoms with Crippen LogP contribution in [0.2, 0.25) is 5.02 Å². The minimum atomic E-state index is -3.75. The summed E-state index contributed by atoms with van der Waals surface area (Å²) in [6, 6.07) is 4.60. The number of carboxylic acid groups (broad SMARTS) is 1. The number of halogens is 1. The zero-order valence-electron chi connectivity index (χ0n) is 12.9. The lowest BCUT2D eigenvalue weighted by Gasteiger charge is -2.22. The van der Waals surface area contributed by atoms with E-state index in [9.17, 15) is 18.3 Å². The number of nitrogens with zero attached hydrogens (tertiary/aromatic N) is 1. The molecule has 2 saturated heterocycles. The van der Waals surface area contributed by atoms with Gasteiger partial charge in [0.25, 0.3) is 0 Å². The first-order valence-corrected chi connectivity index (χ1v) is 10.4. The van der Waals surface area contributed by atoms with E-state index < -0.39 is 28.0 Å². The highest BCUT2D eigenvalue weighted by atomic mass is 35.5. The molecule has 2 aliphatic rings. The Labute approximate surface area is 148 Å². The molecule has 1 N–H and O–H groups in total. The summed E-state index contributed by atoms with van der Waals surface area (Å²) in [4.78, 5) is 12.4. The van der Waals surface area contributed by atoms with Gasteiger partial charge in [0.1, 0.15) is 4.90 Å². The quantitative estimate of drug-likeness (QED) is 0.877. The van der Waals surface area contributed by atoms with E-state index in [-0.39, 0.29) is 10.9 Å². The predicted molar refractivity (Wildman–Crippen MR) is 93.1 cm³/mol. The fourth-order valence-corrected chi connectivity index (χ4v) is 8.01. The average molecular weight is 386 g/mol. The monoisotopic (exact) mass is 385 g/mol. The number of rotatable bonds is 3. The van der Waals surface area contributed by atoms with E-state index in [0.717, 1.165) is 11.1 Å². The van der Waals surface area contributed by atoms with Gasteiger partial charge in [-0.2, -0.15) is 4.31 Å². The second-order valence-corrected chi connectivity index (χ2v) is 9.91. The molecule has 2 aromatic rings. The Kier molecular flexibility index (Phi) is 3.69. The molecule has 0 saturated carbocycles. The van der Waals surface area contributed by atoms with E-state index >= 15 is 0 Å². The highest BCUT2D eigenvalue weighted by Gasteiger charge is 2.55. The van der Waals surface area contributed by atoms with E-state index in [1.165, 1.54) is 15.6 Å². The van der Waals surface area contributed by atoms with Crippen LogP contribution < -0.4 is 0 Å². The molecule has 2 fully saturated rings. The highest BCUT2D eigenvalue weighted by Crippen LogP contribution is 2.47. The molecule has 0 spiro atoms. The summed E-state index contributed by atoms with van der Waals surface area (Å²) in [5, 5.41) is 10.5. The van der Waals surface area contributed by atoms with Crippen molar-refractivity contribution in [3.63, 3.8) is 0 Å². The molecule has 3 unspecified atom stereocenters. The van der Waals surface area contributed by atoms with Crippen molar-refractivity contribution in [3.8, 4) is 0 Å². The van der Waals surface area contributed by atoms with Crippen molar-refractivity contribution in [1.29, 1.82) is 0 Å². The average Bonchev–Trinajstić information content (AvgIpc) is 3.16. The summed E-state index contributed by atoms with van der Waals surface area (Å²) >= 11 is 7.48. The van der Waals surface area contributed by atoms with Crippen molar-refractivity contribution in [2.24, 2.45) is 5.92 Å². The van der Waals surface area contributed by atoms with Gasteiger partial charge in [0, 0.05) is 32.1 Å². The van der Waals surface area contributed by atoms with Gasteiger partial charge in [0.05, 0.1) is 5.92 Å². The summed E-state index contributed by atoms with van der Waals surface area (Å²) in [6.07, 6.45) is 1.75. The number of benzene rings is 1. The lowest BCUT2D eigenvalue weighted by molar-refractivity contribution is -0.142. The summed E-state index contributed by atoms with van der Waals surface area (Å²) < 4.78 is 29.1. The molecular weight excluding hydrogens is 370 g/mol. The van der Waals surface area contributed by atoms with Crippen LogP contribution in [0.1, 0.15) is 24.1 Å². The van der Waals surface area contributed by atoms with Gasteiger partial charge in [-0.05, 0) is 44.4 Å². The third kappa shape index (κ3) is 2.22. The highest BCUT2D eigenvalue weighted by molar-refractivity contribution is 7.89. The molecule has 1 aromatic heterocycles. The number of carbonyl (C=O) groups is 1. The van der Waals surface area contributed by atoms with Crippen molar-refractivity contribution in [2.75, 3.05) is 0 Å². The first kappa shape index (κ1) is 16.3. The predicted octanol–water partition coefficient (Wildman–Crippen LogP) is 3.49. The lowest BCUT2D eigenvalue weighted by Crippen LogP contribution is -2.38. The molecule has 3 atom stereocenters. The van der Waals surface area contributed by atoms with Crippen molar-refractivity contribution >= 4 is 49.0 Å². The molecule has 4 rings (SSSR count). The van der Waals surface area contributed by atoms with Crippen LogP contribution in [-0.2, 0) is 14.8 Å². The van der Waals surface area contributed by atoms with E-state index in [2.05, 4.69) is 0 Å². The normalized spacial score (nSPS) is 27.2. The zero-order chi connectivity index (χ0) is 17.2. The fourth-order valence-electron chi connectivity index (χ4n) is 4.17. The largest absolute Gasteiger partial charge is 0.481 e. The van der Waals surface area contributed by atoms with Crippen LogP contribution in [0.3, 0.4) is 0 Å². The van der Waals surface area contributed by atoms with Crippen molar-refractivity contribution < 1.29 is 18.3 Å². The third-order valence-electron chi connectivity index (χ3n) is 5.09. The van der Waals surface area contributed by atoms with Crippen LogP contribution in [0.4, 0.5) is 0 Å². The molecule has 3 heterocycles. The molecule has 0 aliphatic carbocycles. The molecule has 0 amide bonds. The first-order valence-electron chi connectivity index (χ1n) is 7.75. The zero-order valence-corrected chi connectivity index (χ0v) is 15.3. The van der Waals surface area contributed by atoms with Crippen molar-refractivity contribution in [2.45, 2.75) is 43.2 Å². The number of aryl methyl sites for hydroxylation is 1. The number of hydrogen-bond acceptors (Lipinski definition) is 4. The summed E-state index contributed by atoms with van der Waals surface area (Å²) in [7, 11) is -3.75. The van der Waals surface area contributed by atoms with Gasteiger partial charge in [-0.3, -0.25) is 4.79 Å². The van der Waals surface area contributed by atoms with Gasteiger partial charge in [0.2, 0.25) is 10.0 Å². The van der Waals surface area contributed by atoms with Crippen LogP contribution in [0.15, 0.2) is 23.1 Å². The molecule has 1 aromatic carbocycles. The SMILES string of the molecule is Cc1sc2ccc(Cl)cc2c1S(=O)(=O)N1C2CCC1C(C(=O)O)C2. The van der Waals surface area contributed by atoms with Crippen LogP contribution in [-0.4, -0.2) is 35.9 Å². The summed E-state index contributed by atoms with van der Waals surface area (Å²) in [5.74, 6) is -1.51. The molecule has 2 aliphatic heterocycles. The van der Waals surface area contributed by atoms with E-state index in [4.69, 9.17) is 11.6 Å². The molecule has 0 radical (unpaired) electrons. The Hall–Kier alpha value is -1.15. The first-order chi connectivity index (χ1) is 11.3. The molecule has 24 heavy (non-hydrogen) atoms. The number of aliphatic carboxylic acids is 1. The number of sulfonamides is 1. The van der Waals surface area contributed by atoms with Gasteiger partial charge in [-0.25, -0.2) is 8.42 Å². The fraction of sp³-hybridized carbons (Fsp3) is 0.438. The van der Waals surface area contributed by atoms with E-state index in [1.807, 2.05) is 6.07 Å². The summed E-state index contributed by atoms with van der Waals surface area (Å²) in [6.45, 7) is 1.79. The van der Waals surface area contributed by atoms with E-state index in [1.54, 1.807) is 19.1 Å². The molecular formula is C16H16ClNO4S2. The van der Waals surface area contributed by atoms with Gasteiger partial charge in [-0.15, -0.1) is 11.3 Å². The Morgan fingerprint density at radius 1 is 1.38 bits per heavy atom. The van der Waals surface area contributed by atoms with Crippen LogP contribution >= 0.6 is 22.9 Å². The van der Waals surface area contributed by atoms with Crippen LogP contribution in [0.5, 0.6) is 0 Å². The maximum Gasteiger partial charge on any atom is 0.308 e. The van der Waals surface area contributed by atoms with Gasteiger partial charge in [0.15, 0.2) is 0 Å². The maximum atomic E-state index is 13.4. The molecule has 2 bridgehead atoms. The second-order valence-electron chi connectivity index (χ2n) is 6.44. The third-order valence-corrected chi connectivity index (χ3v) is 8.71. The Bertz CT molecular complexity index is 952. The van der Waals surface area contributed by atoms with Crippen molar-refractivity contribution in [3.05, 3.63) is 28.1 Å². The van der Waals surface area contributed by atoms with Crippen molar-refractivity contribution in [1.82, 2.24) is 4.31 Å². The smallest absolute Gasteiger partial charge is 0.308 e. The van der Waals surface area contributed by atoms with Gasteiger partial charge < -0.3 is 5.11 Å². The second kappa shape index (κ2) is 5.42. The minimum absolute atomic E-state index is 0.213. The van der Waals surface area contributed by atoms with Gasteiger partial charge in [-0.1, -0.05) is 11.6 Å². The number of hydrogen-bond donors (Lipinski definition) is 1. The Morgan fingerprint density at radius 3 is 2.79 bits per heavy atom. The topological polar surface area (TPSA) is 74.7 Å². The molecule has 8 heteroatoms. The number of fused-ring (bicyclic) bond motifs is 3. The van der Waals surface area contributed by atoms with Crippen LogP contribution in [0, 0.1) is 12.8 Å². The maximum absolute atomic E-state index is 13.4. The Morgan fingerprint density at radius 2 is 2.12 bits per heavy atom.